The summed E-state index contributed by atoms with van der Waals surface area (Å²) >= 11 is 6.16. The van der Waals surface area contributed by atoms with Crippen LogP contribution in [0.1, 0.15) is 23.1 Å². The molecule has 5 heteroatoms. The number of hydrogen-bond donors (Lipinski definition) is 0. The number of nitriles is 1. The Morgan fingerprint density at radius 2 is 1.73 bits per heavy atom. The van der Waals surface area contributed by atoms with Crippen LogP contribution in [0.15, 0.2) is 48.5 Å². The minimum Gasteiger partial charge on any atom is -0.340 e. The molecule has 0 radical (unpaired) electrons. The molecule has 1 amide bonds. The number of benzene rings is 2. The monoisotopic (exact) mass is 367 g/mol. The van der Waals surface area contributed by atoms with Crippen LogP contribution in [0.25, 0.3) is 0 Å². The van der Waals surface area contributed by atoms with Crippen LogP contribution in [0.4, 0.5) is 0 Å². The Kier molecular flexibility index (Phi) is 6.27. The third kappa shape index (κ3) is 4.85. The number of hydrogen-bond acceptors (Lipinski definition) is 3. The van der Waals surface area contributed by atoms with E-state index in [9.17, 15) is 4.79 Å². The highest BCUT2D eigenvalue weighted by Gasteiger charge is 2.21. The van der Waals surface area contributed by atoms with E-state index in [-0.39, 0.29) is 5.91 Å². The van der Waals surface area contributed by atoms with Crippen LogP contribution in [-0.4, -0.2) is 41.9 Å². The number of rotatable bonds is 5. The van der Waals surface area contributed by atoms with Gasteiger partial charge in [0.2, 0.25) is 5.91 Å². The quantitative estimate of drug-likeness (QED) is 0.812. The van der Waals surface area contributed by atoms with Crippen LogP contribution >= 0.6 is 11.6 Å². The van der Waals surface area contributed by atoms with Crippen molar-refractivity contribution < 1.29 is 4.79 Å². The minimum atomic E-state index is 0.197. The summed E-state index contributed by atoms with van der Waals surface area (Å²) in [6, 6.07) is 17.5. The minimum absolute atomic E-state index is 0.197. The van der Waals surface area contributed by atoms with Gasteiger partial charge in [-0.15, -0.1) is 0 Å². The fourth-order valence-electron chi connectivity index (χ4n) is 3.20. The maximum absolute atomic E-state index is 12.5. The first-order valence-corrected chi connectivity index (χ1v) is 9.26. The molecule has 1 saturated heterocycles. The van der Waals surface area contributed by atoms with Crippen molar-refractivity contribution in [1.82, 2.24) is 9.80 Å². The van der Waals surface area contributed by atoms with Gasteiger partial charge in [0.25, 0.3) is 0 Å². The van der Waals surface area contributed by atoms with Crippen molar-refractivity contribution in [2.75, 3.05) is 26.2 Å². The Morgan fingerprint density at radius 1 is 1.04 bits per heavy atom. The average Bonchev–Trinajstić information content (AvgIpc) is 2.68. The van der Waals surface area contributed by atoms with Gasteiger partial charge in [-0.05, 0) is 35.7 Å². The van der Waals surface area contributed by atoms with Crippen LogP contribution in [0.2, 0.25) is 5.02 Å². The molecule has 1 heterocycles. The van der Waals surface area contributed by atoms with Crippen LogP contribution < -0.4 is 0 Å². The van der Waals surface area contributed by atoms with Gasteiger partial charge in [-0.3, -0.25) is 9.69 Å². The fourth-order valence-corrected chi connectivity index (χ4v) is 3.43. The largest absolute Gasteiger partial charge is 0.340 e. The van der Waals surface area contributed by atoms with Crippen molar-refractivity contribution >= 4 is 17.5 Å². The van der Waals surface area contributed by atoms with Gasteiger partial charge < -0.3 is 4.90 Å². The van der Waals surface area contributed by atoms with Gasteiger partial charge in [-0.1, -0.05) is 41.9 Å². The Morgan fingerprint density at radius 3 is 2.38 bits per heavy atom. The van der Waals surface area contributed by atoms with E-state index in [4.69, 9.17) is 16.9 Å². The molecule has 0 atom stereocenters. The molecule has 0 aromatic heterocycles. The molecule has 0 saturated carbocycles. The van der Waals surface area contributed by atoms with Gasteiger partial charge >= 0.3 is 0 Å². The molecular weight excluding hydrogens is 346 g/mol. The summed E-state index contributed by atoms with van der Waals surface area (Å²) in [6.07, 6.45) is 1.18. The standard InChI is InChI=1S/C21H22ClN3O/c22-20-4-2-1-3-19(20)9-10-21(26)25-13-11-24(12-14-25)16-18-7-5-17(15-23)6-8-18/h1-8H,9-14,16H2. The molecule has 1 fully saturated rings. The summed E-state index contributed by atoms with van der Waals surface area (Å²) in [5.74, 6) is 0.197. The molecule has 0 bridgehead atoms. The van der Waals surface area contributed by atoms with Crippen LogP contribution in [0.5, 0.6) is 0 Å². The van der Waals surface area contributed by atoms with Crippen molar-refractivity contribution in [3.63, 3.8) is 0 Å². The van der Waals surface area contributed by atoms with Crippen molar-refractivity contribution in [2.24, 2.45) is 0 Å². The van der Waals surface area contributed by atoms with E-state index in [1.54, 1.807) is 0 Å². The van der Waals surface area contributed by atoms with E-state index in [0.29, 0.717) is 18.4 Å². The van der Waals surface area contributed by atoms with Crippen molar-refractivity contribution in [2.45, 2.75) is 19.4 Å². The maximum atomic E-state index is 12.5. The summed E-state index contributed by atoms with van der Waals surface area (Å²) in [4.78, 5) is 16.7. The number of carbonyl (C=O) groups excluding carboxylic acids is 1. The van der Waals surface area contributed by atoms with E-state index in [1.807, 2.05) is 53.4 Å². The second kappa shape index (κ2) is 8.84. The summed E-state index contributed by atoms with van der Waals surface area (Å²) in [5.41, 5.74) is 2.91. The lowest BCUT2D eigenvalue weighted by Crippen LogP contribution is -2.48. The molecule has 0 spiro atoms. The van der Waals surface area contributed by atoms with Gasteiger partial charge in [0, 0.05) is 44.2 Å². The maximum Gasteiger partial charge on any atom is 0.222 e. The number of piperazine rings is 1. The first kappa shape index (κ1) is 18.4. The Labute approximate surface area is 159 Å². The lowest BCUT2D eigenvalue weighted by atomic mass is 10.1. The van der Waals surface area contributed by atoms with E-state index in [0.717, 1.165) is 43.3 Å². The summed E-state index contributed by atoms with van der Waals surface area (Å²) < 4.78 is 0. The number of aryl methyl sites for hydroxylation is 1. The summed E-state index contributed by atoms with van der Waals surface area (Å²) in [7, 11) is 0. The highest BCUT2D eigenvalue weighted by molar-refractivity contribution is 6.31. The van der Waals surface area contributed by atoms with Crippen LogP contribution in [-0.2, 0) is 17.8 Å². The highest BCUT2D eigenvalue weighted by atomic mass is 35.5. The zero-order chi connectivity index (χ0) is 18.4. The molecule has 0 aliphatic carbocycles. The van der Waals surface area contributed by atoms with Gasteiger partial charge in [-0.25, -0.2) is 0 Å². The number of carbonyl (C=O) groups is 1. The number of nitrogens with zero attached hydrogens (tertiary/aromatic N) is 3. The molecular formula is C21H22ClN3O. The summed E-state index contributed by atoms with van der Waals surface area (Å²) in [5, 5.41) is 9.59. The van der Waals surface area contributed by atoms with Gasteiger partial charge in [0.15, 0.2) is 0 Å². The van der Waals surface area contributed by atoms with Crippen molar-refractivity contribution in [3.8, 4) is 6.07 Å². The second-order valence-electron chi connectivity index (χ2n) is 6.56. The molecule has 2 aromatic carbocycles. The number of halogens is 1. The van der Waals surface area contributed by atoms with E-state index >= 15 is 0 Å². The average molecular weight is 368 g/mol. The molecule has 0 N–H and O–H groups in total. The molecule has 3 rings (SSSR count). The van der Waals surface area contributed by atoms with E-state index in [1.165, 1.54) is 5.56 Å². The molecule has 26 heavy (non-hydrogen) atoms. The first-order chi connectivity index (χ1) is 12.7. The first-order valence-electron chi connectivity index (χ1n) is 8.88. The van der Waals surface area contributed by atoms with Crippen molar-refractivity contribution in [3.05, 3.63) is 70.2 Å². The molecule has 2 aromatic rings. The molecule has 134 valence electrons. The third-order valence-corrected chi connectivity index (χ3v) is 5.15. The lowest BCUT2D eigenvalue weighted by Gasteiger charge is -2.35. The Bertz CT molecular complexity index is 790. The normalized spacial score (nSPS) is 14.8. The van der Waals surface area contributed by atoms with Crippen molar-refractivity contribution in [1.29, 1.82) is 5.26 Å². The Balaban J connectivity index is 1.44. The van der Waals surface area contributed by atoms with E-state index < -0.39 is 0 Å². The molecule has 4 nitrogen and oxygen atoms in total. The number of amides is 1. The molecule has 1 aliphatic rings. The topological polar surface area (TPSA) is 47.3 Å². The van der Waals surface area contributed by atoms with Crippen LogP contribution in [0.3, 0.4) is 0 Å². The fraction of sp³-hybridized carbons (Fsp3) is 0.333. The molecule has 1 aliphatic heterocycles. The van der Waals surface area contributed by atoms with Gasteiger partial charge in [0.05, 0.1) is 11.6 Å². The smallest absolute Gasteiger partial charge is 0.222 e. The summed E-state index contributed by atoms with van der Waals surface area (Å²) in [6.45, 7) is 4.12. The molecule has 0 unspecified atom stereocenters. The van der Waals surface area contributed by atoms with E-state index in [2.05, 4.69) is 11.0 Å². The Hall–Kier alpha value is -2.35. The zero-order valence-electron chi connectivity index (χ0n) is 14.7. The lowest BCUT2D eigenvalue weighted by molar-refractivity contribution is -0.133. The predicted molar refractivity (Wildman–Crippen MR) is 103 cm³/mol. The second-order valence-corrected chi connectivity index (χ2v) is 6.96. The highest BCUT2D eigenvalue weighted by Crippen LogP contribution is 2.17. The zero-order valence-corrected chi connectivity index (χ0v) is 15.5. The SMILES string of the molecule is N#Cc1ccc(CN2CCN(C(=O)CCc3ccccc3Cl)CC2)cc1. The van der Waals surface area contributed by atoms with Crippen LogP contribution in [0, 0.1) is 11.3 Å². The van der Waals surface area contributed by atoms with Gasteiger partial charge in [0.1, 0.15) is 0 Å². The third-order valence-electron chi connectivity index (χ3n) is 4.78. The van der Waals surface area contributed by atoms with Gasteiger partial charge in [-0.2, -0.15) is 5.26 Å². The predicted octanol–water partition coefficient (Wildman–Crippen LogP) is 3.49.